The van der Waals surface area contributed by atoms with E-state index in [4.69, 9.17) is 16.3 Å². The highest BCUT2D eigenvalue weighted by molar-refractivity contribution is 9.10. The third-order valence-electron chi connectivity index (χ3n) is 3.17. The van der Waals surface area contributed by atoms with E-state index in [0.717, 1.165) is 15.7 Å². The minimum Gasteiger partial charge on any atom is -0.465 e. The van der Waals surface area contributed by atoms with Crippen molar-refractivity contribution in [2.45, 2.75) is 5.88 Å². The fraction of sp³-hybridized carbons (Fsp3) is 0.133. The molecule has 1 aromatic carbocycles. The highest BCUT2D eigenvalue weighted by Gasteiger charge is 2.17. The molecule has 0 aliphatic heterocycles. The molecule has 7 heteroatoms. The van der Waals surface area contributed by atoms with Gasteiger partial charge in [0.2, 0.25) is 0 Å². The number of fused-ring (bicyclic) bond motifs is 1. The molecule has 5 nitrogen and oxygen atoms in total. The molecule has 0 atom stereocenters. The van der Waals surface area contributed by atoms with Crippen LogP contribution in [0.2, 0.25) is 0 Å². The molecule has 22 heavy (non-hydrogen) atoms. The molecule has 0 saturated heterocycles. The Morgan fingerprint density at radius 1 is 1.36 bits per heavy atom. The van der Waals surface area contributed by atoms with Crippen molar-refractivity contribution in [2.24, 2.45) is 0 Å². The van der Waals surface area contributed by atoms with Crippen LogP contribution < -0.4 is 0 Å². The SMILES string of the molecule is COC(=O)c1ccc(-c2cccc(Br)c2)n2nc(CCl)nc12. The lowest BCUT2D eigenvalue weighted by atomic mass is 10.1. The number of carbonyl (C=O) groups is 1. The van der Waals surface area contributed by atoms with Crippen molar-refractivity contribution in [3.05, 3.63) is 52.3 Å². The summed E-state index contributed by atoms with van der Waals surface area (Å²) >= 11 is 9.28. The summed E-state index contributed by atoms with van der Waals surface area (Å²) in [5.74, 6) is 0.161. The molecule has 112 valence electrons. The predicted octanol–water partition coefficient (Wildman–Crippen LogP) is 3.68. The van der Waals surface area contributed by atoms with E-state index in [-0.39, 0.29) is 5.88 Å². The van der Waals surface area contributed by atoms with Crippen LogP contribution in [-0.2, 0) is 10.6 Å². The zero-order chi connectivity index (χ0) is 15.7. The Labute approximate surface area is 140 Å². The summed E-state index contributed by atoms with van der Waals surface area (Å²) in [5, 5.41) is 4.37. The van der Waals surface area contributed by atoms with Crippen molar-refractivity contribution < 1.29 is 9.53 Å². The number of hydrogen-bond acceptors (Lipinski definition) is 4. The van der Waals surface area contributed by atoms with Crippen LogP contribution in [-0.4, -0.2) is 27.7 Å². The van der Waals surface area contributed by atoms with Crippen molar-refractivity contribution >= 4 is 39.1 Å². The minimum atomic E-state index is -0.459. The first-order valence-corrected chi connectivity index (χ1v) is 7.75. The van der Waals surface area contributed by atoms with Crippen LogP contribution >= 0.6 is 27.5 Å². The topological polar surface area (TPSA) is 56.5 Å². The van der Waals surface area contributed by atoms with Crippen molar-refractivity contribution in [1.29, 1.82) is 0 Å². The minimum absolute atomic E-state index is 0.167. The number of alkyl halides is 1. The summed E-state index contributed by atoms with van der Waals surface area (Å²) < 4.78 is 7.36. The number of hydrogen-bond donors (Lipinski definition) is 0. The number of benzene rings is 1. The second-order valence-electron chi connectivity index (χ2n) is 4.53. The number of aromatic nitrogens is 3. The van der Waals surface area contributed by atoms with Gasteiger partial charge >= 0.3 is 5.97 Å². The lowest BCUT2D eigenvalue weighted by Gasteiger charge is -2.07. The van der Waals surface area contributed by atoms with E-state index in [1.54, 1.807) is 10.6 Å². The van der Waals surface area contributed by atoms with E-state index in [1.807, 2.05) is 30.3 Å². The van der Waals surface area contributed by atoms with Crippen LogP contribution in [0.25, 0.3) is 16.9 Å². The highest BCUT2D eigenvalue weighted by Crippen LogP contribution is 2.25. The van der Waals surface area contributed by atoms with Gasteiger partial charge < -0.3 is 4.74 Å². The van der Waals surface area contributed by atoms with E-state index in [0.29, 0.717) is 17.0 Å². The molecule has 3 rings (SSSR count). The van der Waals surface area contributed by atoms with Gasteiger partial charge in [-0.1, -0.05) is 28.1 Å². The third kappa shape index (κ3) is 2.60. The monoisotopic (exact) mass is 379 g/mol. The summed E-state index contributed by atoms with van der Waals surface area (Å²) in [6.07, 6.45) is 0. The van der Waals surface area contributed by atoms with E-state index in [2.05, 4.69) is 26.0 Å². The summed E-state index contributed by atoms with van der Waals surface area (Å²) in [6.45, 7) is 0. The lowest BCUT2D eigenvalue weighted by Crippen LogP contribution is -2.06. The van der Waals surface area contributed by atoms with Gasteiger partial charge in [-0.25, -0.2) is 14.3 Å². The summed E-state index contributed by atoms with van der Waals surface area (Å²) in [5.41, 5.74) is 2.54. The number of rotatable bonds is 3. The maximum atomic E-state index is 11.9. The van der Waals surface area contributed by atoms with E-state index in [1.165, 1.54) is 7.11 Å². The van der Waals surface area contributed by atoms with Gasteiger partial charge in [0.25, 0.3) is 0 Å². The summed E-state index contributed by atoms with van der Waals surface area (Å²) in [4.78, 5) is 16.2. The van der Waals surface area contributed by atoms with Crippen molar-refractivity contribution in [1.82, 2.24) is 14.6 Å². The van der Waals surface area contributed by atoms with Gasteiger partial charge in [0, 0.05) is 10.0 Å². The standard InChI is InChI=1S/C15H11BrClN3O2/c1-22-15(21)11-5-6-12(9-3-2-4-10(16)7-9)20-14(11)18-13(8-17)19-20/h2-7H,8H2,1H3. The predicted molar refractivity (Wildman–Crippen MR) is 87.0 cm³/mol. The van der Waals surface area contributed by atoms with Crippen molar-refractivity contribution in [2.75, 3.05) is 7.11 Å². The molecule has 0 fully saturated rings. The molecule has 0 radical (unpaired) electrons. The molecule has 2 heterocycles. The largest absolute Gasteiger partial charge is 0.465 e. The van der Waals surface area contributed by atoms with Gasteiger partial charge in [-0.2, -0.15) is 0 Å². The number of carbonyl (C=O) groups excluding carboxylic acids is 1. The van der Waals surface area contributed by atoms with Gasteiger partial charge in [0.05, 0.1) is 18.7 Å². The molecule has 0 bridgehead atoms. The Kier molecular flexibility index (Phi) is 4.13. The van der Waals surface area contributed by atoms with Crippen LogP contribution in [0.3, 0.4) is 0 Å². The average Bonchev–Trinajstić information content (AvgIpc) is 2.97. The molecule has 0 amide bonds. The Bertz CT molecular complexity index is 863. The number of halogens is 2. The number of methoxy groups -OCH3 is 1. The quantitative estimate of drug-likeness (QED) is 0.514. The van der Waals surface area contributed by atoms with E-state index in [9.17, 15) is 4.79 Å². The Morgan fingerprint density at radius 3 is 2.86 bits per heavy atom. The smallest absolute Gasteiger partial charge is 0.341 e. The molecule has 0 N–H and O–H groups in total. The second-order valence-corrected chi connectivity index (χ2v) is 5.71. The van der Waals surface area contributed by atoms with Gasteiger partial charge in [-0.05, 0) is 24.3 Å². The molecule has 0 aliphatic carbocycles. The van der Waals surface area contributed by atoms with E-state index >= 15 is 0 Å². The number of nitrogens with zero attached hydrogens (tertiary/aromatic N) is 3. The Balaban J connectivity index is 2.29. The third-order valence-corrected chi connectivity index (χ3v) is 3.91. The van der Waals surface area contributed by atoms with Gasteiger partial charge in [0.1, 0.15) is 5.56 Å². The molecule has 0 saturated carbocycles. The zero-order valence-corrected chi connectivity index (χ0v) is 13.9. The first kappa shape index (κ1) is 15.0. The summed E-state index contributed by atoms with van der Waals surface area (Å²) in [6, 6.07) is 11.3. The van der Waals surface area contributed by atoms with Gasteiger partial charge in [0.15, 0.2) is 11.5 Å². The van der Waals surface area contributed by atoms with Gasteiger partial charge in [-0.3, -0.25) is 0 Å². The number of pyridine rings is 1. The zero-order valence-electron chi connectivity index (χ0n) is 11.6. The molecule has 3 aromatic rings. The van der Waals surface area contributed by atoms with Crippen LogP contribution in [0.4, 0.5) is 0 Å². The maximum Gasteiger partial charge on any atom is 0.341 e. The maximum absolute atomic E-state index is 11.9. The highest BCUT2D eigenvalue weighted by atomic mass is 79.9. The second kappa shape index (κ2) is 6.06. The lowest BCUT2D eigenvalue weighted by molar-refractivity contribution is 0.0602. The molecule has 0 unspecified atom stereocenters. The van der Waals surface area contributed by atoms with Crippen LogP contribution in [0, 0.1) is 0 Å². The first-order valence-electron chi connectivity index (χ1n) is 6.43. The van der Waals surface area contributed by atoms with Crippen LogP contribution in [0.5, 0.6) is 0 Å². The normalized spacial score (nSPS) is 10.9. The van der Waals surface area contributed by atoms with Crippen molar-refractivity contribution in [3.8, 4) is 11.3 Å². The van der Waals surface area contributed by atoms with E-state index < -0.39 is 5.97 Å². The molecule has 0 aliphatic rings. The molecule has 2 aromatic heterocycles. The number of esters is 1. The van der Waals surface area contributed by atoms with Crippen LogP contribution in [0.1, 0.15) is 16.2 Å². The van der Waals surface area contributed by atoms with Crippen molar-refractivity contribution in [3.63, 3.8) is 0 Å². The number of ether oxygens (including phenoxy) is 1. The first-order chi connectivity index (χ1) is 10.6. The fourth-order valence-corrected chi connectivity index (χ4v) is 2.71. The van der Waals surface area contributed by atoms with Gasteiger partial charge in [-0.15, -0.1) is 16.7 Å². The molecule has 0 spiro atoms. The Hall–Kier alpha value is -1.92. The summed E-state index contributed by atoms with van der Waals surface area (Å²) in [7, 11) is 1.33. The molecular formula is C15H11BrClN3O2. The van der Waals surface area contributed by atoms with Crippen LogP contribution in [0.15, 0.2) is 40.9 Å². The molecular weight excluding hydrogens is 370 g/mol. The fourth-order valence-electron chi connectivity index (χ4n) is 2.20. The Morgan fingerprint density at radius 2 is 2.18 bits per heavy atom. The average molecular weight is 381 g/mol.